The second kappa shape index (κ2) is 6.37. The summed E-state index contributed by atoms with van der Waals surface area (Å²) in [5, 5.41) is 11.7. The molecule has 2 N–H and O–H groups in total. The first-order chi connectivity index (χ1) is 12.7. The van der Waals surface area contributed by atoms with Crippen molar-refractivity contribution in [3.05, 3.63) is 72.4 Å². The Morgan fingerprint density at radius 2 is 1.73 bits per heavy atom. The summed E-state index contributed by atoms with van der Waals surface area (Å²) in [5.41, 5.74) is 2.05. The molecule has 0 unspecified atom stereocenters. The van der Waals surface area contributed by atoms with Gasteiger partial charge in [0.1, 0.15) is 17.3 Å². The Labute approximate surface area is 149 Å². The molecule has 0 aliphatic heterocycles. The van der Waals surface area contributed by atoms with Crippen LogP contribution in [-0.4, -0.2) is 28.2 Å². The minimum absolute atomic E-state index is 0.0677. The van der Waals surface area contributed by atoms with E-state index in [1.54, 1.807) is 31.4 Å². The molecule has 0 fully saturated rings. The van der Waals surface area contributed by atoms with Gasteiger partial charge in [-0.1, -0.05) is 42.5 Å². The predicted molar refractivity (Wildman–Crippen MR) is 100 cm³/mol. The number of rotatable bonds is 4. The van der Waals surface area contributed by atoms with Gasteiger partial charge in [-0.2, -0.15) is 0 Å². The summed E-state index contributed by atoms with van der Waals surface area (Å²) in [6.45, 7) is 0. The zero-order valence-electron chi connectivity index (χ0n) is 14.1. The number of benzene rings is 3. The Morgan fingerprint density at radius 1 is 1.00 bits per heavy atom. The highest BCUT2D eigenvalue weighted by atomic mass is 16.5. The summed E-state index contributed by atoms with van der Waals surface area (Å²) >= 11 is 0. The van der Waals surface area contributed by atoms with Gasteiger partial charge in [-0.3, -0.25) is 0 Å². The van der Waals surface area contributed by atoms with Crippen molar-refractivity contribution in [2.45, 2.75) is 0 Å². The summed E-state index contributed by atoms with van der Waals surface area (Å²) < 4.78 is 5.16. The van der Waals surface area contributed by atoms with Crippen molar-refractivity contribution in [1.29, 1.82) is 0 Å². The van der Waals surface area contributed by atoms with Crippen molar-refractivity contribution in [1.82, 2.24) is 9.97 Å². The molecule has 1 heterocycles. The Balaban J connectivity index is 1.89. The number of H-pyrrole nitrogens is 1. The quantitative estimate of drug-likeness (QED) is 0.567. The van der Waals surface area contributed by atoms with Gasteiger partial charge in [0.15, 0.2) is 5.69 Å². The highest BCUT2D eigenvalue weighted by molar-refractivity contribution is 5.98. The zero-order chi connectivity index (χ0) is 18.1. The van der Waals surface area contributed by atoms with E-state index in [4.69, 9.17) is 4.74 Å². The Bertz CT molecular complexity index is 1090. The Hall–Kier alpha value is -3.60. The maximum absolute atomic E-state index is 11.7. The molecule has 4 rings (SSSR count). The SMILES string of the molecule is COc1ccc(-c2nc(-c3cccc4ccccc34)[nH]c2C(=O)O)cc1. The molecule has 5 heteroatoms. The van der Waals surface area contributed by atoms with E-state index in [-0.39, 0.29) is 5.69 Å². The molecule has 0 radical (unpaired) electrons. The number of carboxylic acids is 1. The van der Waals surface area contributed by atoms with Gasteiger partial charge in [-0.25, -0.2) is 9.78 Å². The number of carboxylic acid groups (broad SMARTS) is 1. The van der Waals surface area contributed by atoms with Crippen LogP contribution in [0.5, 0.6) is 5.75 Å². The number of imidazole rings is 1. The molecule has 0 saturated carbocycles. The fourth-order valence-corrected chi connectivity index (χ4v) is 3.05. The number of hydrogen-bond donors (Lipinski definition) is 2. The summed E-state index contributed by atoms with van der Waals surface area (Å²) in [4.78, 5) is 19.3. The average Bonchev–Trinajstić information content (AvgIpc) is 3.13. The standard InChI is InChI=1S/C21H16N2O3/c1-26-15-11-9-14(10-12-15)18-19(21(24)25)23-20(22-18)17-8-4-6-13-5-2-3-7-16(13)17/h2-12H,1H3,(H,22,23)(H,24,25). The van der Waals surface area contributed by atoms with E-state index in [0.717, 1.165) is 16.3 Å². The van der Waals surface area contributed by atoms with E-state index < -0.39 is 5.97 Å². The fraction of sp³-hybridized carbons (Fsp3) is 0.0476. The van der Waals surface area contributed by atoms with Crippen molar-refractivity contribution in [3.8, 4) is 28.4 Å². The first-order valence-corrected chi connectivity index (χ1v) is 8.13. The molecule has 3 aromatic carbocycles. The third-order valence-corrected chi connectivity index (χ3v) is 4.33. The van der Waals surface area contributed by atoms with Gasteiger partial charge >= 0.3 is 5.97 Å². The first-order valence-electron chi connectivity index (χ1n) is 8.13. The van der Waals surface area contributed by atoms with Crippen molar-refractivity contribution in [2.75, 3.05) is 7.11 Å². The lowest BCUT2D eigenvalue weighted by Gasteiger charge is -2.03. The van der Waals surface area contributed by atoms with Crippen LogP contribution in [0.3, 0.4) is 0 Å². The molecule has 0 spiro atoms. The van der Waals surface area contributed by atoms with Crippen LogP contribution in [-0.2, 0) is 0 Å². The number of hydrogen-bond acceptors (Lipinski definition) is 3. The van der Waals surface area contributed by atoms with Crippen LogP contribution in [0.25, 0.3) is 33.4 Å². The molecule has 0 aliphatic carbocycles. The minimum Gasteiger partial charge on any atom is -0.497 e. The van der Waals surface area contributed by atoms with Gasteiger partial charge in [0.25, 0.3) is 0 Å². The third-order valence-electron chi connectivity index (χ3n) is 4.33. The van der Waals surface area contributed by atoms with Gasteiger partial charge in [-0.15, -0.1) is 0 Å². The fourth-order valence-electron chi connectivity index (χ4n) is 3.05. The third kappa shape index (κ3) is 2.69. The average molecular weight is 344 g/mol. The summed E-state index contributed by atoms with van der Waals surface area (Å²) in [7, 11) is 1.59. The second-order valence-electron chi connectivity index (χ2n) is 5.87. The van der Waals surface area contributed by atoms with Gasteiger partial charge in [-0.05, 0) is 35.0 Å². The molecule has 5 nitrogen and oxygen atoms in total. The van der Waals surface area contributed by atoms with Crippen LogP contribution in [0.1, 0.15) is 10.5 Å². The van der Waals surface area contributed by atoms with Gasteiger partial charge in [0.05, 0.1) is 7.11 Å². The summed E-state index contributed by atoms with van der Waals surface area (Å²) in [6, 6.07) is 21.0. The van der Waals surface area contributed by atoms with E-state index in [9.17, 15) is 9.90 Å². The topological polar surface area (TPSA) is 75.2 Å². The maximum atomic E-state index is 11.7. The number of fused-ring (bicyclic) bond motifs is 1. The minimum atomic E-state index is -1.05. The van der Waals surface area contributed by atoms with Crippen LogP contribution < -0.4 is 4.74 Å². The van der Waals surface area contributed by atoms with Crippen LogP contribution in [0.2, 0.25) is 0 Å². The second-order valence-corrected chi connectivity index (χ2v) is 5.87. The van der Waals surface area contributed by atoms with Crippen LogP contribution >= 0.6 is 0 Å². The lowest BCUT2D eigenvalue weighted by Crippen LogP contribution is -1.99. The number of aromatic amines is 1. The van der Waals surface area contributed by atoms with E-state index in [2.05, 4.69) is 9.97 Å². The van der Waals surface area contributed by atoms with E-state index in [0.29, 0.717) is 22.8 Å². The number of methoxy groups -OCH3 is 1. The first kappa shape index (κ1) is 15.9. The van der Waals surface area contributed by atoms with E-state index in [1.165, 1.54) is 0 Å². The zero-order valence-corrected chi connectivity index (χ0v) is 14.1. The molecular weight excluding hydrogens is 328 g/mol. The number of ether oxygens (including phenoxy) is 1. The lowest BCUT2D eigenvalue weighted by molar-refractivity contribution is 0.0692. The highest BCUT2D eigenvalue weighted by Crippen LogP contribution is 2.31. The van der Waals surface area contributed by atoms with E-state index in [1.807, 2.05) is 42.5 Å². The lowest BCUT2D eigenvalue weighted by atomic mass is 10.0. The van der Waals surface area contributed by atoms with Crippen molar-refractivity contribution in [2.24, 2.45) is 0 Å². The molecule has 0 bridgehead atoms. The summed E-state index contributed by atoms with van der Waals surface area (Å²) in [5.74, 6) is 0.190. The number of aromatic carboxylic acids is 1. The largest absolute Gasteiger partial charge is 0.497 e. The van der Waals surface area contributed by atoms with Crippen molar-refractivity contribution in [3.63, 3.8) is 0 Å². The number of nitrogens with one attached hydrogen (secondary N) is 1. The molecule has 1 aromatic heterocycles. The van der Waals surface area contributed by atoms with E-state index >= 15 is 0 Å². The van der Waals surface area contributed by atoms with Gasteiger partial charge in [0, 0.05) is 11.1 Å². The molecule has 128 valence electrons. The number of aromatic nitrogens is 2. The number of nitrogens with zero attached hydrogens (tertiary/aromatic N) is 1. The molecule has 0 aliphatic rings. The number of carbonyl (C=O) groups is 1. The van der Waals surface area contributed by atoms with Crippen molar-refractivity contribution >= 4 is 16.7 Å². The van der Waals surface area contributed by atoms with Crippen molar-refractivity contribution < 1.29 is 14.6 Å². The molecule has 4 aromatic rings. The molecule has 26 heavy (non-hydrogen) atoms. The highest BCUT2D eigenvalue weighted by Gasteiger charge is 2.19. The summed E-state index contributed by atoms with van der Waals surface area (Å²) in [6.07, 6.45) is 0. The monoisotopic (exact) mass is 344 g/mol. The molecule has 0 atom stereocenters. The van der Waals surface area contributed by atoms with Crippen LogP contribution in [0.4, 0.5) is 0 Å². The molecule has 0 saturated heterocycles. The smallest absolute Gasteiger partial charge is 0.354 e. The maximum Gasteiger partial charge on any atom is 0.354 e. The molecular formula is C21H16N2O3. The van der Waals surface area contributed by atoms with Gasteiger partial charge in [0.2, 0.25) is 0 Å². The normalized spacial score (nSPS) is 10.8. The Kier molecular flexibility index (Phi) is 3.89. The Morgan fingerprint density at radius 3 is 2.46 bits per heavy atom. The van der Waals surface area contributed by atoms with Crippen LogP contribution in [0.15, 0.2) is 66.7 Å². The molecule has 0 amide bonds. The predicted octanol–water partition coefficient (Wildman–Crippen LogP) is 4.60. The van der Waals surface area contributed by atoms with Gasteiger partial charge < -0.3 is 14.8 Å². The van der Waals surface area contributed by atoms with Crippen LogP contribution in [0, 0.1) is 0 Å².